The lowest BCUT2D eigenvalue weighted by molar-refractivity contribution is -0.0495. The third-order valence-electron chi connectivity index (χ3n) is 6.92. The topological polar surface area (TPSA) is 0 Å². The summed E-state index contributed by atoms with van der Waals surface area (Å²) in [6.45, 7) is 0. The minimum absolute atomic E-state index is 0.860. The fourth-order valence-corrected chi connectivity index (χ4v) is 5.86. The molecule has 4 saturated carbocycles. The van der Waals surface area contributed by atoms with Crippen LogP contribution in [0.4, 0.5) is 0 Å². The zero-order valence-electron chi connectivity index (χ0n) is 10.6. The number of rotatable bonds is 0. The van der Waals surface area contributed by atoms with Crippen molar-refractivity contribution >= 4 is 0 Å². The molecule has 0 aromatic carbocycles. The quantitative estimate of drug-likeness (QED) is 0.549. The van der Waals surface area contributed by atoms with Crippen LogP contribution in [0.3, 0.4) is 0 Å². The largest absolute Gasteiger partial charge is 0.0528 e. The molecule has 0 heterocycles. The van der Waals surface area contributed by atoms with Crippen LogP contribution in [-0.4, -0.2) is 0 Å². The van der Waals surface area contributed by atoms with Crippen molar-refractivity contribution in [3.8, 4) is 0 Å². The average Bonchev–Trinajstić information content (AvgIpc) is 2.67. The lowest BCUT2D eigenvalue weighted by atomic mass is 9.50. The Kier molecular flexibility index (Phi) is 2.18. The summed E-state index contributed by atoms with van der Waals surface area (Å²) in [5.74, 6) is 4.71. The Morgan fingerprint density at radius 2 is 1.31 bits per heavy atom. The van der Waals surface area contributed by atoms with Gasteiger partial charge in [0.15, 0.2) is 0 Å². The van der Waals surface area contributed by atoms with E-state index in [-0.39, 0.29) is 0 Å². The second-order valence-electron chi connectivity index (χ2n) is 7.45. The molecule has 4 rings (SSSR count). The number of hydrogen-bond donors (Lipinski definition) is 0. The van der Waals surface area contributed by atoms with E-state index in [1.165, 1.54) is 17.8 Å². The molecule has 0 aromatic heterocycles. The molecular formula is C16H26. The maximum Gasteiger partial charge on any atom is -0.0295 e. The van der Waals surface area contributed by atoms with Crippen LogP contribution >= 0.6 is 0 Å². The molecule has 4 aliphatic carbocycles. The van der Waals surface area contributed by atoms with Gasteiger partial charge in [-0.2, -0.15) is 0 Å². The van der Waals surface area contributed by atoms with Gasteiger partial charge in [0.2, 0.25) is 0 Å². The van der Waals surface area contributed by atoms with Crippen molar-refractivity contribution in [2.24, 2.45) is 29.1 Å². The Morgan fingerprint density at radius 1 is 0.625 bits per heavy atom. The summed E-state index contributed by atoms with van der Waals surface area (Å²) in [6.07, 6.45) is 17.5. The first-order valence-corrected chi connectivity index (χ1v) is 7.86. The molecule has 0 heteroatoms. The average molecular weight is 218 g/mol. The monoisotopic (exact) mass is 218 g/mol. The minimum Gasteiger partial charge on any atom is -0.0528 e. The van der Waals surface area contributed by atoms with Crippen LogP contribution in [0.2, 0.25) is 0 Å². The second-order valence-corrected chi connectivity index (χ2v) is 7.45. The van der Waals surface area contributed by atoms with E-state index in [2.05, 4.69) is 0 Å². The van der Waals surface area contributed by atoms with Crippen LogP contribution in [0.25, 0.3) is 0 Å². The molecule has 0 bridgehead atoms. The third kappa shape index (κ3) is 1.34. The summed E-state index contributed by atoms with van der Waals surface area (Å²) in [5.41, 5.74) is 0.860. The highest BCUT2D eigenvalue weighted by atomic mass is 14.6. The smallest absolute Gasteiger partial charge is 0.0295 e. The van der Waals surface area contributed by atoms with Crippen molar-refractivity contribution in [2.75, 3.05) is 0 Å². The predicted octanol–water partition coefficient (Wildman–Crippen LogP) is 4.78. The van der Waals surface area contributed by atoms with Gasteiger partial charge in [0.1, 0.15) is 0 Å². The van der Waals surface area contributed by atoms with E-state index in [4.69, 9.17) is 0 Å². The first-order chi connectivity index (χ1) is 7.86. The van der Waals surface area contributed by atoms with E-state index in [1.807, 2.05) is 0 Å². The molecule has 0 radical (unpaired) electrons. The molecule has 0 N–H and O–H groups in total. The summed E-state index contributed by atoms with van der Waals surface area (Å²) < 4.78 is 0. The Morgan fingerprint density at radius 3 is 2.00 bits per heavy atom. The summed E-state index contributed by atoms with van der Waals surface area (Å²) in [6, 6.07) is 0. The molecule has 0 nitrogen and oxygen atoms in total. The molecule has 4 unspecified atom stereocenters. The number of fused-ring (bicyclic) bond motifs is 3. The third-order valence-corrected chi connectivity index (χ3v) is 6.92. The van der Waals surface area contributed by atoms with Crippen LogP contribution in [0, 0.1) is 29.1 Å². The lowest BCUT2D eigenvalue weighted by Crippen LogP contribution is -2.45. The normalized spacial score (nSPS) is 49.5. The van der Waals surface area contributed by atoms with Gasteiger partial charge in [-0.25, -0.2) is 0 Å². The highest BCUT2D eigenvalue weighted by Gasteiger charge is 2.50. The summed E-state index contributed by atoms with van der Waals surface area (Å²) in [7, 11) is 0. The minimum atomic E-state index is 0.860. The molecule has 1 spiro atoms. The fraction of sp³-hybridized carbons (Fsp3) is 1.00. The molecule has 0 amide bonds. The fourth-order valence-electron chi connectivity index (χ4n) is 5.86. The van der Waals surface area contributed by atoms with Gasteiger partial charge in [0, 0.05) is 0 Å². The van der Waals surface area contributed by atoms with Crippen molar-refractivity contribution in [1.29, 1.82) is 0 Å². The summed E-state index contributed by atoms with van der Waals surface area (Å²) in [5, 5.41) is 0. The van der Waals surface area contributed by atoms with Crippen LogP contribution in [0.1, 0.15) is 70.6 Å². The Bertz CT molecular complexity index is 272. The van der Waals surface area contributed by atoms with Gasteiger partial charge >= 0.3 is 0 Å². The van der Waals surface area contributed by atoms with E-state index in [0.717, 1.165) is 11.3 Å². The van der Waals surface area contributed by atoms with E-state index in [9.17, 15) is 0 Å². The predicted molar refractivity (Wildman–Crippen MR) is 67.2 cm³/mol. The van der Waals surface area contributed by atoms with Gasteiger partial charge in [-0.15, -0.1) is 0 Å². The van der Waals surface area contributed by atoms with E-state index in [0.29, 0.717) is 0 Å². The molecule has 0 saturated heterocycles. The Hall–Kier alpha value is 0. The zero-order valence-corrected chi connectivity index (χ0v) is 10.6. The van der Waals surface area contributed by atoms with E-state index >= 15 is 0 Å². The van der Waals surface area contributed by atoms with Crippen molar-refractivity contribution in [2.45, 2.75) is 70.6 Å². The molecule has 0 aromatic rings. The van der Waals surface area contributed by atoms with Crippen LogP contribution < -0.4 is 0 Å². The van der Waals surface area contributed by atoms with E-state index in [1.54, 1.807) is 70.6 Å². The molecule has 90 valence electrons. The standard InChI is InChI=1S/C16H26/c1-2-9-16(8-1)10-7-13-4-3-12-5-6-14(12)15(13)11-16/h12-15H,1-11H2. The van der Waals surface area contributed by atoms with Gasteiger partial charge in [-0.1, -0.05) is 12.8 Å². The van der Waals surface area contributed by atoms with Gasteiger partial charge in [-0.3, -0.25) is 0 Å². The molecular weight excluding hydrogens is 192 g/mol. The Labute approximate surface area is 100 Å². The van der Waals surface area contributed by atoms with Gasteiger partial charge < -0.3 is 0 Å². The molecule has 0 aliphatic heterocycles. The first-order valence-electron chi connectivity index (χ1n) is 7.86. The highest BCUT2D eigenvalue weighted by Crippen LogP contribution is 2.61. The van der Waals surface area contributed by atoms with Crippen molar-refractivity contribution < 1.29 is 0 Å². The molecule has 16 heavy (non-hydrogen) atoms. The SMILES string of the molecule is C1CCC2(C1)CCC1CCC3CCC3C1C2. The maximum absolute atomic E-state index is 1.65. The summed E-state index contributed by atoms with van der Waals surface area (Å²) in [4.78, 5) is 0. The summed E-state index contributed by atoms with van der Waals surface area (Å²) >= 11 is 0. The van der Waals surface area contributed by atoms with Crippen molar-refractivity contribution in [3.63, 3.8) is 0 Å². The Balaban J connectivity index is 1.55. The van der Waals surface area contributed by atoms with Gasteiger partial charge in [-0.05, 0) is 86.9 Å². The van der Waals surface area contributed by atoms with E-state index < -0.39 is 0 Å². The molecule has 4 atom stereocenters. The van der Waals surface area contributed by atoms with Crippen molar-refractivity contribution in [1.82, 2.24) is 0 Å². The second kappa shape index (κ2) is 3.50. The van der Waals surface area contributed by atoms with Crippen LogP contribution in [0.5, 0.6) is 0 Å². The first kappa shape index (κ1) is 9.97. The highest BCUT2D eigenvalue weighted by molar-refractivity contribution is 5.00. The maximum atomic E-state index is 1.65. The van der Waals surface area contributed by atoms with Gasteiger partial charge in [0.05, 0.1) is 0 Å². The molecule has 4 aliphatic rings. The van der Waals surface area contributed by atoms with Crippen LogP contribution in [-0.2, 0) is 0 Å². The zero-order chi connectivity index (χ0) is 10.6. The molecule has 4 fully saturated rings. The van der Waals surface area contributed by atoms with Gasteiger partial charge in [0.25, 0.3) is 0 Å². The number of hydrogen-bond acceptors (Lipinski definition) is 0. The van der Waals surface area contributed by atoms with Crippen LogP contribution in [0.15, 0.2) is 0 Å². The lowest BCUT2D eigenvalue weighted by Gasteiger charge is -2.55. The van der Waals surface area contributed by atoms with Crippen molar-refractivity contribution in [3.05, 3.63) is 0 Å².